The summed E-state index contributed by atoms with van der Waals surface area (Å²) >= 11 is 3.42. The molecule has 0 fully saturated rings. The van der Waals surface area contributed by atoms with Gasteiger partial charge in [0.05, 0.1) is 11.6 Å². The van der Waals surface area contributed by atoms with Gasteiger partial charge < -0.3 is 4.98 Å². The second-order valence-corrected chi connectivity index (χ2v) is 5.08. The SMILES string of the molecule is Cc1ccc2c(c1)[nH]c1cc(Br)cc(C#N)c12. The van der Waals surface area contributed by atoms with Gasteiger partial charge in [0.2, 0.25) is 0 Å². The molecule has 0 spiro atoms. The van der Waals surface area contributed by atoms with E-state index in [9.17, 15) is 5.26 Å². The van der Waals surface area contributed by atoms with E-state index in [1.165, 1.54) is 5.56 Å². The molecule has 0 atom stereocenters. The highest BCUT2D eigenvalue weighted by Crippen LogP contribution is 2.31. The second-order valence-electron chi connectivity index (χ2n) is 4.16. The molecule has 0 aliphatic rings. The van der Waals surface area contributed by atoms with Crippen LogP contribution in [0.4, 0.5) is 0 Å². The minimum Gasteiger partial charge on any atom is -0.354 e. The first-order valence-corrected chi connectivity index (χ1v) is 6.10. The molecule has 82 valence electrons. The highest BCUT2D eigenvalue weighted by molar-refractivity contribution is 9.10. The summed E-state index contributed by atoms with van der Waals surface area (Å²) < 4.78 is 0.921. The lowest BCUT2D eigenvalue weighted by atomic mass is 10.1. The molecule has 2 nitrogen and oxygen atoms in total. The van der Waals surface area contributed by atoms with E-state index in [0.717, 1.165) is 26.3 Å². The maximum Gasteiger partial charge on any atom is 0.0999 e. The molecule has 17 heavy (non-hydrogen) atoms. The molecule has 2 aromatic carbocycles. The molecule has 3 aromatic rings. The molecule has 0 amide bonds. The average molecular weight is 285 g/mol. The van der Waals surface area contributed by atoms with E-state index in [-0.39, 0.29) is 0 Å². The Kier molecular flexibility index (Phi) is 2.20. The normalized spacial score (nSPS) is 10.9. The number of aryl methyl sites for hydroxylation is 1. The van der Waals surface area contributed by atoms with Crippen molar-refractivity contribution in [3.05, 3.63) is 45.9 Å². The van der Waals surface area contributed by atoms with Crippen molar-refractivity contribution < 1.29 is 0 Å². The summed E-state index contributed by atoms with van der Waals surface area (Å²) in [5.41, 5.74) is 3.98. The lowest BCUT2D eigenvalue weighted by Gasteiger charge is -1.96. The Morgan fingerprint density at radius 2 is 2.00 bits per heavy atom. The predicted molar refractivity (Wildman–Crippen MR) is 73.0 cm³/mol. The molecule has 0 unspecified atom stereocenters. The number of fused-ring (bicyclic) bond motifs is 3. The predicted octanol–water partition coefficient (Wildman–Crippen LogP) is 4.26. The van der Waals surface area contributed by atoms with Crippen LogP contribution in [0.1, 0.15) is 11.1 Å². The van der Waals surface area contributed by atoms with Gasteiger partial charge in [0, 0.05) is 26.3 Å². The van der Waals surface area contributed by atoms with E-state index in [0.29, 0.717) is 5.56 Å². The molecule has 0 bridgehead atoms. The Morgan fingerprint density at radius 1 is 1.18 bits per heavy atom. The van der Waals surface area contributed by atoms with Crippen LogP contribution in [-0.2, 0) is 0 Å². The quantitative estimate of drug-likeness (QED) is 0.658. The van der Waals surface area contributed by atoms with Crippen LogP contribution in [0.5, 0.6) is 0 Å². The molecule has 1 heterocycles. The number of rotatable bonds is 0. The van der Waals surface area contributed by atoms with Crippen LogP contribution in [0, 0.1) is 18.3 Å². The van der Waals surface area contributed by atoms with Crippen LogP contribution in [0.25, 0.3) is 21.8 Å². The van der Waals surface area contributed by atoms with Crippen LogP contribution in [-0.4, -0.2) is 4.98 Å². The molecule has 3 rings (SSSR count). The highest BCUT2D eigenvalue weighted by atomic mass is 79.9. The van der Waals surface area contributed by atoms with Gasteiger partial charge in [0.15, 0.2) is 0 Å². The topological polar surface area (TPSA) is 39.6 Å². The zero-order chi connectivity index (χ0) is 12.0. The molecule has 1 N–H and O–H groups in total. The number of nitriles is 1. The fourth-order valence-corrected chi connectivity index (χ4v) is 2.67. The van der Waals surface area contributed by atoms with Crippen LogP contribution >= 0.6 is 15.9 Å². The first-order valence-electron chi connectivity index (χ1n) is 5.31. The largest absolute Gasteiger partial charge is 0.354 e. The molecular weight excluding hydrogens is 276 g/mol. The van der Waals surface area contributed by atoms with E-state index >= 15 is 0 Å². The van der Waals surface area contributed by atoms with Crippen LogP contribution in [0.2, 0.25) is 0 Å². The first kappa shape index (κ1) is 10.4. The van der Waals surface area contributed by atoms with Gasteiger partial charge in [-0.05, 0) is 30.7 Å². The van der Waals surface area contributed by atoms with Crippen molar-refractivity contribution in [2.45, 2.75) is 6.92 Å². The summed E-state index contributed by atoms with van der Waals surface area (Å²) in [6, 6.07) is 12.4. The van der Waals surface area contributed by atoms with E-state index in [4.69, 9.17) is 0 Å². The number of nitrogens with one attached hydrogen (secondary N) is 1. The van der Waals surface area contributed by atoms with Crippen LogP contribution in [0.3, 0.4) is 0 Å². The maximum absolute atomic E-state index is 9.21. The Morgan fingerprint density at radius 3 is 2.76 bits per heavy atom. The third-order valence-electron chi connectivity index (χ3n) is 2.94. The molecule has 0 aliphatic heterocycles. The maximum atomic E-state index is 9.21. The first-order chi connectivity index (χ1) is 8.19. The fraction of sp³-hybridized carbons (Fsp3) is 0.0714. The smallest absolute Gasteiger partial charge is 0.0999 e. The number of aromatic nitrogens is 1. The molecule has 0 saturated carbocycles. The molecule has 0 radical (unpaired) electrons. The lowest BCUT2D eigenvalue weighted by molar-refractivity contribution is 1.47. The Balaban J connectivity index is 2.57. The van der Waals surface area contributed by atoms with Gasteiger partial charge in [-0.15, -0.1) is 0 Å². The average Bonchev–Trinajstić information content (AvgIpc) is 2.64. The van der Waals surface area contributed by atoms with Crippen LogP contribution in [0.15, 0.2) is 34.8 Å². The Labute approximate surface area is 107 Å². The number of benzene rings is 2. The monoisotopic (exact) mass is 284 g/mol. The number of halogens is 1. The van der Waals surface area contributed by atoms with Crippen molar-refractivity contribution in [2.24, 2.45) is 0 Å². The van der Waals surface area contributed by atoms with Gasteiger partial charge in [-0.3, -0.25) is 0 Å². The summed E-state index contributed by atoms with van der Waals surface area (Å²) in [5.74, 6) is 0. The third kappa shape index (κ3) is 1.53. The van der Waals surface area contributed by atoms with Gasteiger partial charge >= 0.3 is 0 Å². The van der Waals surface area contributed by atoms with Crippen LogP contribution < -0.4 is 0 Å². The van der Waals surface area contributed by atoms with Crippen molar-refractivity contribution in [2.75, 3.05) is 0 Å². The molecule has 1 aromatic heterocycles. The van der Waals surface area contributed by atoms with Crippen molar-refractivity contribution in [1.82, 2.24) is 4.98 Å². The zero-order valence-corrected chi connectivity index (χ0v) is 10.8. The third-order valence-corrected chi connectivity index (χ3v) is 3.40. The number of hydrogen-bond acceptors (Lipinski definition) is 1. The molecule has 0 aliphatic carbocycles. The van der Waals surface area contributed by atoms with E-state index < -0.39 is 0 Å². The molecule has 3 heteroatoms. The van der Waals surface area contributed by atoms with Gasteiger partial charge in [-0.25, -0.2) is 0 Å². The summed E-state index contributed by atoms with van der Waals surface area (Å²) in [7, 11) is 0. The molecular formula is C14H9BrN2. The van der Waals surface area contributed by atoms with Gasteiger partial charge in [-0.2, -0.15) is 5.26 Å². The number of nitrogens with zero attached hydrogens (tertiary/aromatic N) is 1. The van der Waals surface area contributed by atoms with E-state index in [1.807, 2.05) is 12.1 Å². The standard InChI is InChI=1S/C14H9BrN2/c1-8-2-3-11-12(4-8)17-13-6-10(15)5-9(7-16)14(11)13/h2-6,17H,1H3. The minimum absolute atomic E-state index is 0.699. The molecule has 0 saturated heterocycles. The number of aromatic amines is 1. The highest BCUT2D eigenvalue weighted by Gasteiger charge is 2.09. The van der Waals surface area contributed by atoms with Gasteiger partial charge in [0.1, 0.15) is 0 Å². The van der Waals surface area contributed by atoms with Crippen molar-refractivity contribution in [3.63, 3.8) is 0 Å². The van der Waals surface area contributed by atoms with Crippen molar-refractivity contribution in [1.29, 1.82) is 5.26 Å². The Hall–Kier alpha value is -1.79. The van der Waals surface area contributed by atoms with E-state index in [1.54, 1.807) is 0 Å². The summed E-state index contributed by atoms with van der Waals surface area (Å²) in [5, 5.41) is 11.3. The summed E-state index contributed by atoms with van der Waals surface area (Å²) in [6.07, 6.45) is 0. The van der Waals surface area contributed by atoms with E-state index in [2.05, 4.69) is 52.1 Å². The second kappa shape index (κ2) is 3.61. The number of hydrogen-bond donors (Lipinski definition) is 1. The fourth-order valence-electron chi connectivity index (χ4n) is 2.21. The summed E-state index contributed by atoms with van der Waals surface area (Å²) in [4.78, 5) is 3.35. The number of H-pyrrole nitrogens is 1. The minimum atomic E-state index is 0.699. The van der Waals surface area contributed by atoms with Crippen molar-refractivity contribution in [3.8, 4) is 6.07 Å². The van der Waals surface area contributed by atoms with Crippen molar-refractivity contribution >= 4 is 37.7 Å². The summed E-state index contributed by atoms with van der Waals surface area (Å²) in [6.45, 7) is 2.06. The Bertz CT molecular complexity index is 778. The van der Waals surface area contributed by atoms with Gasteiger partial charge in [0.25, 0.3) is 0 Å². The zero-order valence-electron chi connectivity index (χ0n) is 9.21. The van der Waals surface area contributed by atoms with Gasteiger partial charge in [-0.1, -0.05) is 28.1 Å². The lowest BCUT2D eigenvalue weighted by Crippen LogP contribution is -1.77.